The molecule has 0 radical (unpaired) electrons. The SMILES string of the molecule is COc1cc2c(cc1OC)S(=O)(=O)N1CC(C)(C)NC(C(=O)O)C21. The maximum Gasteiger partial charge on any atom is 0.322 e. The molecule has 0 aliphatic carbocycles. The number of nitrogens with one attached hydrogen (secondary N) is 1. The number of piperazine rings is 1. The summed E-state index contributed by atoms with van der Waals surface area (Å²) in [5.74, 6) is -0.448. The van der Waals surface area contributed by atoms with Crippen LogP contribution in [0.15, 0.2) is 17.0 Å². The number of hydrogen-bond donors (Lipinski definition) is 2. The second-order valence-corrected chi connectivity index (χ2v) is 8.44. The molecule has 1 aromatic rings. The van der Waals surface area contributed by atoms with Crippen molar-refractivity contribution in [2.45, 2.75) is 36.4 Å². The third-order valence-corrected chi connectivity index (χ3v) is 6.29. The molecule has 2 aliphatic rings. The number of aliphatic carboxylic acids is 1. The van der Waals surface area contributed by atoms with Crippen LogP contribution in [0.2, 0.25) is 0 Å². The quantitative estimate of drug-likeness (QED) is 0.816. The predicted octanol–water partition coefficient (Wildman–Crippen LogP) is 0.584. The van der Waals surface area contributed by atoms with Gasteiger partial charge in [0.15, 0.2) is 11.5 Å². The molecule has 24 heavy (non-hydrogen) atoms. The monoisotopic (exact) mass is 356 g/mol. The third kappa shape index (κ3) is 2.35. The van der Waals surface area contributed by atoms with Gasteiger partial charge >= 0.3 is 5.97 Å². The van der Waals surface area contributed by atoms with Crippen LogP contribution >= 0.6 is 0 Å². The molecule has 1 aromatic carbocycles. The van der Waals surface area contributed by atoms with Gasteiger partial charge in [0.1, 0.15) is 6.04 Å². The summed E-state index contributed by atoms with van der Waals surface area (Å²) in [7, 11) is -0.940. The van der Waals surface area contributed by atoms with Gasteiger partial charge in [-0.25, -0.2) is 8.42 Å². The molecule has 1 fully saturated rings. The maximum absolute atomic E-state index is 13.0. The van der Waals surface area contributed by atoms with Crippen LogP contribution in [0.5, 0.6) is 11.5 Å². The molecule has 3 rings (SSSR count). The van der Waals surface area contributed by atoms with E-state index in [1.54, 1.807) is 19.9 Å². The van der Waals surface area contributed by atoms with Crippen LogP contribution in [0, 0.1) is 0 Å². The molecule has 0 bridgehead atoms. The van der Waals surface area contributed by atoms with E-state index >= 15 is 0 Å². The lowest BCUT2D eigenvalue weighted by Gasteiger charge is -2.43. The van der Waals surface area contributed by atoms with E-state index in [1.807, 2.05) is 0 Å². The first-order valence-corrected chi connectivity index (χ1v) is 8.84. The molecule has 8 nitrogen and oxygen atoms in total. The first kappa shape index (κ1) is 17.0. The summed E-state index contributed by atoms with van der Waals surface area (Å²) in [6.45, 7) is 3.72. The number of hydrogen-bond acceptors (Lipinski definition) is 6. The topological polar surface area (TPSA) is 105 Å². The summed E-state index contributed by atoms with van der Waals surface area (Å²) in [6.07, 6.45) is 0. The van der Waals surface area contributed by atoms with Gasteiger partial charge in [0.2, 0.25) is 10.0 Å². The summed E-state index contributed by atoms with van der Waals surface area (Å²) in [5, 5.41) is 12.6. The van der Waals surface area contributed by atoms with Gasteiger partial charge in [-0.05, 0) is 25.5 Å². The highest BCUT2D eigenvalue weighted by Crippen LogP contribution is 2.48. The van der Waals surface area contributed by atoms with E-state index in [0.29, 0.717) is 17.1 Å². The second-order valence-electron chi connectivity index (χ2n) is 6.58. The molecule has 0 saturated carbocycles. The van der Waals surface area contributed by atoms with Crippen molar-refractivity contribution in [2.24, 2.45) is 0 Å². The Morgan fingerprint density at radius 2 is 1.88 bits per heavy atom. The van der Waals surface area contributed by atoms with Crippen molar-refractivity contribution in [1.29, 1.82) is 0 Å². The average molecular weight is 356 g/mol. The van der Waals surface area contributed by atoms with Crippen molar-refractivity contribution in [2.75, 3.05) is 20.8 Å². The molecular weight excluding hydrogens is 336 g/mol. The van der Waals surface area contributed by atoms with Crippen molar-refractivity contribution < 1.29 is 27.8 Å². The van der Waals surface area contributed by atoms with Crippen LogP contribution in [0.4, 0.5) is 0 Å². The lowest BCUT2D eigenvalue weighted by molar-refractivity contribution is -0.143. The minimum Gasteiger partial charge on any atom is -0.493 e. The highest BCUT2D eigenvalue weighted by Gasteiger charge is 2.54. The number of carbonyl (C=O) groups is 1. The summed E-state index contributed by atoms with van der Waals surface area (Å²) in [6, 6.07) is 1.07. The fourth-order valence-electron chi connectivity index (χ4n) is 3.42. The summed E-state index contributed by atoms with van der Waals surface area (Å²) in [4.78, 5) is 11.8. The molecule has 0 aromatic heterocycles. The first-order chi connectivity index (χ1) is 11.1. The number of rotatable bonds is 3. The van der Waals surface area contributed by atoms with E-state index in [9.17, 15) is 18.3 Å². The molecule has 2 unspecified atom stereocenters. The van der Waals surface area contributed by atoms with E-state index < -0.39 is 33.6 Å². The lowest BCUT2D eigenvalue weighted by Crippen LogP contribution is -2.64. The van der Waals surface area contributed by atoms with E-state index in [0.717, 1.165) is 0 Å². The van der Waals surface area contributed by atoms with Gasteiger partial charge in [-0.2, -0.15) is 4.31 Å². The van der Waals surface area contributed by atoms with Crippen LogP contribution < -0.4 is 14.8 Å². The zero-order valence-electron chi connectivity index (χ0n) is 13.9. The average Bonchev–Trinajstić information content (AvgIpc) is 2.71. The number of methoxy groups -OCH3 is 2. The van der Waals surface area contributed by atoms with Gasteiger partial charge in [-0.1, -0.05) is 0 Å². The number of sulfonamides is 1. The molecular formula is C15H20N2O6S. The predicted molar refractivity (Wildman–Crippen MR) is 84.8 cm³/mol. The minimum atomic E-state index is -3.81. The fourth-order valence-corrected chi connectivity index (χ4v) is 5.44. The smallest absolute Gasteiger partial charge is 0.322 e. The number of ether oxygens (including phenoxy) is 2. The minimum absolute atomic E-state index is 0.0656. The Morgan fingerprint density at radius 1 is 1.29 bits per heavy atom. The van der Waals surface area contributed by atoms with E-state index in [4.69, 9.17) is 9.47 Å². The normalized spacial score (nSPS) is 27.2. The molecule has 2 aliphatic heterocycles. The van der Waals surface area contributed by atoms with Crippen molar-refractivity contribution in [3.05, 3.63) is 17.7 Å². The molecule has 2 N–H and O–H groups in total. The Hall–Kier alpha value is -1.84. The van der Waals surface area contributed by atoms with Crippen LogP contribution in [0.3, 0.4) is 0 Å². The number of nitrogens with zero attached hydrogens (tertiary/aromatic N) is 1. The first-order valence-electron chi connectivity index (χ1n) is 7.40. The number of fused-ring (bicyclic) bond motifs is 3. The zero-order valence-corrected chi connectivity index (χ0v) is 14.7. The van der Waals surface area contributed by atoms with Gasteiger partial charge in [0, 0.05) is 18.2 Å². The van der Waals surface area contributed by atoms with Crippen LogP contribution in [0.25, 0.3) is 0 Å². The van der Waals surface area contributed by atoms with Gasteiger partial charge < -0.3 is 14.6 Å². The Labute approximate surface area is 140 Å². The Kier molecular flexibility index (Phi) is 3.78. The number of benzene rings is 1. The largest absolute Gasteiger partial charge is 0.493 e. The second kappa shape index (κ2) is 5.33. The van der Waals surface area contributed by atoms with Gasteiger partial charge in [-0.15, -0.1) is 0 Å². The van der Waals surface area contributed by atoms with E-state index in [-0.39, 0.29) is 11.4 Å². The molecule has 9 heteroatoms. The Bertz CT molecular complexity index is 804. The molecule has 0 spiro atoms. The number of carboxylic acid groups (broad SMARTS) is 1. The van der Waals surface area contributed by atoms with Crippen LogP contribution in [0.1, 0.15) is 25.5 Å². The standard InChI is InChI=1S/C15H20N2O6S/c1-15(2)7-17-13(12(16-15)14(18)19)8-5-9(22-3)10(23-4)6-11(8)24(17,20)21/h5-6,12-13,16H,7H2,1-4H3,(H,18,19). The van der Waals surface area contributed by atoms with Crippen LogP contribution in [-0.2, 0) is 14.8 Å². The Morgan fingerprint density at radius 3 is 2.42 bits per heavy atom. The Balaban J connectivity index is 2.24. The van der Waals surface area contributed by atoms with E-state index in [1.165, 1.54) is 24.6 Å². The number of carboxylic acids is 1. The molecule has 0 amide bonds. The highest BCUT2D eigenvalue weighted by molar-refractivity contribution is 7.89. The van der Waals surface area contributed by atoms with Crippen molar-refractivity contribution in [3.63, 3.8) is 0 Å². The summed E-state index contributed by atoms with van der Waals surface area (Å²) in [5.41, 5.74) is -0.258. The fraction of sp³-hybridized carbons (Fsp3) is 0.533. The van der Waals surface area contributed by atoms with E-state index in [2.05, 4.69) is 5.32 Å². The zero-order chi connectivity index (χ0) is 17.9. The molecule has 132 valence electrons. The highest BCUT2D eigenvalue weighted by atomic mass is 32.2. The van der Waals surface area contributed by atoms with Gasteiger partial charge in [0.25, 0.3) is 0 Å². The van der Waals surface area contributed by atoms with Crippen molar-refractivity contribution in [3.8, 4) is 11.5 Å². The summed E-state index contributed by atoms with van der Waals surface area (Å²) < 4.78 is 37.6. The molecule has 1 saturated heterocycles. The summed E-state index contributed by atoms with van der Waals surface area (Å²) >= 11 is 0. The van der Waals surface area contributed by atoms with Gasteiger partial charge in [0.05, 0.1) is 25.2 Å². The molecule has 2 atom stereocenters. The van der Waals surface area contributed by atoms with Crippen LogP contribution in [-0.4, -0.2) is 56.1 Å². The molecule has 2 heterocycles. The maximum atomic E-state index is 13.0. The lowest BCUT2D eigenvalue weighted by atomic mass is 9.90. The van der Waals surface area contributed by atoms with Gasteiger partial charge in [-0.3, -0.25) is 10.1 Å². The van der Waals surface area contributed by atoms with Crippen molar-refractivity contribution in [1.82, 2.24) is 9.62 Å². The third-order valence-electron chi connectivity index (χ3n) is 4.41. The van der Waals surface area contributed by atoms with Crippen molar-refractivity contribution >= 4 is 16.0 Å².